The minimum atomic E-state index is -3.46. The second-order valence-corrected chi connectivity index (χ2v) is 7.83. The lowest BCUT2D eigenvalue weighted by atomic mass is 10.1. The van der Waals surface area contributed by atoms with Gasteiger partial charge in [-0.3, -0.25) is 0 Å². The molecule has 0 aliphatic heterocycles. The van der Waals surface area contributed by atoms with Gasteiger partial charge in [0.05, 0.1) is 4.90 Å². The summed E-state index contributed by atoms with van der Waals surface area (Å²) in [6.45, 7) is 4.35. The van der Waals surface area contributed by atoms with Crippen LogP contribution >= 0.6 is 0 Å². The van der Waals surface area contributed by atoms with Gasteiger partial charge in [-0.25, -0.2) is 13.1 Å². The Morgan fingerprint density at radius 2 is 1.86 bits per heavy atom. The molecule has 0 atom stereocenters. The maximum absolute atomic E-state index is 12.5. The van der Waals surface area contributed by atoms with E-state index >= 15 is 0 Å². The molecule has 4 nitrogen and oxygen atoms in total. The van der Waals surface area contributed by atoms with Crippen LogP contribution in [0.4, 0.5) is 0 Å². The summed E-state index contributed by atoms with van der Waals surface area (Å²) in [7, 11) is -1.47. The zero-order valence-electron chi connectivity index (χ0n) is 13.3. The van der Waals surface area contributed by atoms with Crippen LogP contribution in [0.25, 0.3) is 0 Å². The van der Waals surface area contributed by atoms with Gasteiger partial charge in [-0.15, -0.1) is 0 Å². The van der Waals surface area contributed by atoms with Gasteiger partial charge in [0.25, 0.3) is 0 Å². The lowest BCUT2D eigenvalue weighted by Crippen LogP contribution is -2.23. The zero-order valence-corrected chi connectivity index (χ0v) is 14.1. The molecule has 0 saturated heterocycles. The first-order valence-electron chi connectivity index (χ1n) is 7.62. The number of benzene rings is 1. The monoisotopic (exact) mass is 318 g/mol. The molecule has 0 fully saturated rings. The molecule has 1 N–H and O–H groups in total. The summed E-state index contributed by atoms with van der Waals surface area (Å²) in [4.78, 5) is 0.374. The van der Waals surface area contributed by atoms with E-state index in [0.717, 1.165) is 36.2 Å². The zero-order chi connectivity index (χ0) is 15.9. The first kappa shape index (κ1) is 15.3. The van der Waals surface area contributed by atoms with Crippen molar-refractivity contribution in [2.24, 2.45) is 7.05 Å². The summed E-state index contributed by atoms with van der Waals surface area (Å²) >= 11 is 0. The third-order valence-electron chi connectivity index (χ3n) is 4.71. The van der Waals surface area contributed by atoms with Crippen molar-refractivity contribution in [3.05, 3.63) is 52.3 Å². The third-order valence-corrected chi connectivity index (χ3v) is 6.11. The molecule has 3 rings (SSSR count). The topological polar surface area (TPSA) is 51.1 Å². The predicted molar refractivity (Wildman–Crippen MR) is 87.4 cm³/mol. The van der Waals surface area contributed by atoms with Crippen LogP contribution in [0.2, 0.25) is 0 Å². The number of nitrogens with one attached hydrogen (secondary N) is 1. The lowest BCUT2D eigenvalue weighted by Gasteiger charge is -2.09. The molecule has 1 heterocycles. The van der Waals surface area contributed by atoms with Crippen LogP contribution in [0.15, 0.2) is 29.2 Å². The average molecular weight is 318 g/mol. The fraction of sp³-hybridized carbons (Fsp3) is 0.412. The van der Waals surface area contributed by atoms with Gasteiger partial charge in [0.15, 0.2) is 0 Å². The van der Waals surface area contributed by atoms with Gasteiger partial charge in [0.2, 0.25) is 10.0 Å². The van der Waals surface area contributed by atoms with Crippen molar-refractivity contribution in [1.82, 2.24) is 9.29 Å². The van der Waals surface area contributed by atoms with Gasteiger partial charge < -0.3 is 4.57 Å². The number of hydrogen-bond acceptors (Lipinski definition) is 2. The fourth-order valence-electron chi connectivity index (χ4n) is 3.08. The fourth-order valence-corrected chi connectivity index (χ4v) is 4.14. The summed E-state index contributed by atoms with van der Waals surface area (Å²) < 4.78 is 29.8. The highest BCUT2D eigenvalue weighted by Gasteiger charge is 2.19. The molecular formula is C17H22N2O2S. The molecule has 1 aromatic heterocycles. The smallest absolute Gasteiger partial charge is 0.240 e. The molecule has 0 bridgehead atoms. The summed E-state index contributed by atoms with van der Waals surface area (Å²) in [5, 5.41) is 0. The van der Waals surface area contributed by atoms with E-state index in [1.165, 1.54) is 11.1 Å². The summed E-state index contributed by atoms with van der Waals surface area (Å²) in [5.41, 5.74) is 5.70. The van der Waals surface area contributed by atoms with Crippen LogP contribution in [-0.2, 0) is 36.5 Å². The average Bonchev–Trinajstić information content (AvgIpc) is 3.05. The molecule has 0 amide bonds. The normalized spacial score (nSPS) is 14.3. The summed E-state index contributed by atoms with van der Waals surface area (Å²) in [6.07, 6.45) is 3.16. The first-order chi connectivity index (χ1) is 10.4. The number of sulfonamides is 1. The number of hydrogen-bond donors (Lipinski definition) is 1. The van der Waals surface area contributed by atoms with E-state index in [2.05, 4.69) is 9.29 Å². The van der Waals surface area contributed by atoms with Crippen molar-refractivity contribution in [2.75, 3.05) is 0 Å². The molecule has 1 aromatic carbocycles. The maximum atomic E-state index is 12.5. The van der Waals surface area contributed by atoms with Crippen LogP contribution in [0.1, 0.15) is 34.5 Å². The molecule has 5 heteroatoms. The molecule has 1 aliphatic rings. The van der Waals surface area contributed by atoms with E-state index in [1.54, 1.807) is 6.07 Å². The van der Waals surface area contributed by atoms with Crippen molar-refractivity contribution in [2.45, 2.75) is 44.6 Å². The van der Waals surface area contributed by atoms with Crippen LogP contribution in [0.5, 0.6) is 0 Å². The van der Waals surface area contributed by atoms with Crippen molar-refractivity contribution >= 4 is 10.0 Å². The minimum absolute atomic E-state index is 0.326. The van der Waals surface area contributed by atoms with Gasteiger partial charge in [-0.2, -0.15) is 0 Å². The van der Waals surface area contributed by atoms with E-state index in [4.69, 9.17) is 0 Å². The summed E-state index contributed by atoms with van der Waals surface area (Å²) in [6, 6.07) is 7.53. The Balaban J connectivity index is 1.80. The largest absolute Gasteiger partial charge is 0.352 e. The molecule has 0 spiro atoms. The van der Waals surface area contributed by atoms with Crippen molar-refractivity contribution in [1.29, 1.82) is 0 Å². The van der Waals surface area contributed by atoms with Gasteiger partial charge in [-0.1, -0.05) is 6.07 Å². The molecule has 0 saturated carbocycles. The van der Waals surface area contributed by atoms with E-state index in [-0.39, 0.29) is 0 Å². The van der Waals surface area contributed by atoms with Crippen molar-refractivity contribution < 1.29 is 8.42 Å². The molecule has 22 heavy (non-hydrogen) atoms. The van der Waals surface area contributed by atoms with E-state index in [9.17, 15) is 8.42 Å². The summed E-state index contributed by atoms with van der Waals surface area (Å²) in [5.74, 6) is 0. The van der Waals surface area contributed by atoms with Gasteiger partial charge in [0.1, 0.15) is 0 Å². The van der Waals surface area contributed by atoms with Crippen LogP contribution in [0.3, 0.4) is 0 Å². The lowest BCUT2D eigenvalue weighted by molar-refractivity contribution is 0.581. The van der Waals surface area contributed by atoms with E-state index < -0.39 is 10.0 Å². The molecule has 1 aliphatic carbocycles. The number of aryl methyl sites for hydroxylation is 3. The second kappa shape index (κ2) is 5.56. The Kier molecular flexibility index (Phi) is 3.87. The molecular weight excluding hydrogens is 296 g/mol. The van der Waals surface area contributed by atoms with E-state index in [1.807, 2.05) is 39.1 Å². The van der Waals surface area contributed by atoms with Crippen LogP contribution < -0.4 is 4.72 Å². The first-order valence-corrected chi connectivity index (χ1v) is 9.10. The standard InChI is InChI=1S/C17H22N2O2S/c1-12-9-16(13(2)19(12)3)11-18-22(20,21)17-8-7-14-5-4-6-15(14)10-17/h7-10,18H,4-6,11H2,1-3H3. The van der Waals surface area contributed by atoms with Crippen molar-refractivity contribution in [3.63, 3.8) is 0 Å². The van der Waals surface area contributed by atoms with Crippen LogP contribution in [-0.4, -0.2) is 13.0 Å². The number of aromatic nitrogens is 1. The predicted octanol–water partition coefficient (Wildman–Crippen LogP) is 2.61. The third kappa shape index (κ3) is 2.71. The Hall–Kier alpha value is -1.59. The Morgan fingerprint density at radius 3 is 2.55 bits per heavy atom. The Labute approximate surface area is 132 Å². The highest BCUT2D eigenvalue weighted by molar-refractivity contribution is 7.89. The second-order valence-electron chi connectivity index (χ2n) is 6.06. The SMILES string of the molecule is Cc1cc(CNS(=O)(=O)c2ccc3c(c2)CCC3)c(C)n1C. The van der Waals surface area contributed by atoms with Gasteiger partial charge in [-0.05, 0) is 68.0 Å². The quantitative estimate of drug-likeness (QED) is 0.942. The Morgan fingerprint density at radius 1 is 1.14 bits per heavy atom. The number of fused-ring (bicyclic) bond motifs is 1. The van der Waals surface area contributed by atoms with Gasteiger partial charge in [0, 0.05) is 25.0 Å². The highest BCUT2D eigenvalue weighted by Crippen LogP contribution is 2.25. The molecule has 0 unspecified atom stereocenters. The minimum Gasteiger partial charge on any atom is -0.352 e. The number of nitrogens with zero attached hydrogens (tertiary/aromatic N) is 1. The maximum Gasteiger partial charge on any atom is 0.240 e. The Bertz CT molecular complexity index is 819. The van der Waals surface area contributed by atoms with Crippen LogP contribution in [0, 0.1) is 13.8 Å². The molecule has 0 radical (unpaired) electrons. The number of rotatable bonds is 4. The van der Waals surface area contributed by atoms with Crippen molar-refractivity contribution in [3.8, 4) is 0 Å². The highest BCUT2D eigenvalue weighted by atomic mass is 32.2. The van der Waals surface area contributed by atoms with Gasteiger partial charge >= 0.3 is 0 Å². The molecule has 2 aromatic rings. The molecule has 118 valence electrons. The van der Waals surface area contributed by atoms with E-state index in [0.29, 0.717) is 11.4 Å².